The molecule has 6 N–H and O–H groups in total. The number of aromatic nitrogens is 3. The van der Waals surface area contributed by atoms with Crippen LogP contribution in [0.2, 0.25) is 0 Å². The predicted octanol–water partition coefficient (Wildman–Crippen LogP) is 7.61. The van der Waals surface area contributed by atoms with Crippen molar-refractivity contribution in [3.8, 4) is 30.0 Å². The zero-order valence-electron chi connectivity index (χ0n) is 34.3. The van der Waals surface area contributed by atoms with Crippen LogP contribution in [-0.2, 0) is 12.8 Å². The molecular weight excluding hydrogens is 908 g/mol. The third-order valence-corrected chi connectivity index (χ3v) is 10.8. The van der Waals surface area contributed by atoms with Gasteiger partial charge in [-0.15, -0.1) is 0 Å². The van der Waals surface area contributed by atoms with E-state index in [0.717, 1.165) is 11.1 Å². The van der Waals surface area contributed by atoms with Gasteiger partial charge >= 0.3 is 17.9 Å². The van der Waals surface area contributed by atoms with Crippen LogP contribution in [0.4, 0.5) is 0 Å². The van der Waals surface area contributed by atoms with Gasteiger partial charge in [0.2, 0.25) is 10.9 Å². The van der Waals surface area contributed by atoms with E-state index in [-0.39, 0.29) is 82.1 Å². The Bertz CT molecular complexity index is 3660. The number of hydrogen-bond donors (Lipinski definition) is 6. The number of aromatic carboxylic acids is 3. The number of para-hydroxylation sites is 2. The fourth-order valence-electron chi connectivity index (χ4n) is 6.90. The van der Waals surface area contributed by atoms with Gasteiger partial charge in [0.05, 0.1) is 37.7 Å². The minimum Gasteiger partial charge on any atom is -0.477 e. The maximum absolute atomic E-state index is 12.8. The monoisotopic (exact) mass is 938 g/mol. The molecular formula is C50H31BrN6O9. The highest BCUT2D eigenvalue weighted by molar-refractivity contribution is 9.10. The van der Waals surface area contributed by atoms with Crippen LogP contribution >= 0.6 is 15.9 Å². The van der Waals surface area contributed by atoms with Gasteiger partial charge < -0.3 is 30.3 Å². The molecule has 8 rings (SSSR count). The summed E-state index contributed by atoms with van der Waals surface area (Å²) in [5.41, 5.74) is 2.06. The first-order chi connectivity index (χ1) is 31.7. The zero-order valence-corrected chi connectivity index (χ0v) is 35.9. The Hall–Kier alpha value is -9.35. The zero-order chi connectivity index (χ0) is 47.7. The third kappa shape index (κ3) is 9.65. The first kappa shape index (κ1) is 46.2. The van der Waals surface area contributed by atoms with Gasteiger partial charge in [0, 0.05) is 27.3 Å². The molecule has 16 heteroatoms. The Morgan fingerprint density at radius 2 is 1.05 bits per heavy atom. The van der Waals surface area contributed by atoms with Crippen molar-refractivity contribution in [1.82, 2.24) is 15.0 Å². The second kappa shape index (κ2) is 20.2. The van der Waals surface area contributed by atoms with Crippen LogP contribution in [0.1, 0.15) is 82.9 Å². The molecule has 8 aromatic rings. The normalized spacial score (nSPS) is 10.2. The van der Waals surface area contributed by atoms with Gasteiger partial charge in [-0.2, -0.15) is 15.8 Å². The van der Waals surface area contributed by atoms with E-state index in [1.54, 1.807) is 55.5 Å². The minimum atomic E-state index is -1.31. The minimum absolute atomic E-state index is 0.0485. The molecule has 322 valence electrons. The van der Waals surface area contributed by atoms with Crippen molar-refractivity contribution < 1.29 is 29.7 Å². The molecule has 3 heterocycles. The van der Waals surface area contributed by atoms with Crippen LogP contribution in [0.15, 0.2) is 128 Å². The number of hydrogen-bond acceptors (Lipinski definition) is 9. The highest BCUT2D eigenvalue weighted by Crippen LogP contribution is 2.22. The molecule has 0 bridgehead atoms. The van der Waals surface area contributed by atoms with Crippen LogP contribution in [0, 0.1) is 45.8 Å². The highest BCUT2D eigenvalue weighted by atomic mass is 79.9. The van der Waals surface area contributed by atoms with E-state index in [2.05, 4.69) is 48.8 Å². The first-order valence-electron chi connectivity index (χ1n) is 19.5. The number of nitrogens with zero attached hydrogens (tertiary/aromatic N) is 3. The number of rotatable bonds is 6. The summed E-state index contributed by atoms with van der Waals surface area (Å²) in [5, 5.41) is 56.0. The number of carboxylic acid groups (broad SMARTS) is 3. The Labute approximate surface area is 381 Å². The van der Waals surface area contributed by atoms with E-state index >= 15 is 0 Å². The van der Waals surface area contributed by atoms with Gasteiger partial charge in [0.25, 0.3) is 0 Å². The number of halogens is 1. The quantitative estimate of drug-likeness (QED) is 0.0879. The number of nitrogens with one attached hydrogen (secondary N) is 3. The van der Waals surface area contributed by atoms with E-state index in [9.17, 15) is 44.2 Å². The number of nitriles is 3. The molecule has 0 spiro atoms. The fraction of sp³-hybridized carbons (Fsp3) is 0.0600. The molecule has 3 aromatic heterocycles. The molecule has 0 atom stereocenters. The van der Waals surface area contributed by atoms with Gasteiger partial charge in [-0.1, -0.05) is 79.4 Å². The Morgan fingerprint density at radius 3 is 1.58 bits per heavy atom. The summed E-state index contributed by atoms with van der Waals surface area (Å²) in [5.74, 6) is 1.68. The molecule has 0 saturated heterocycles. The lowest BCUT2D eigenvalue weighted by molar-refractivity contribution is 0.0679. The molecule has 0 aliphatic rings. The molecule has 0 unspecified atom stereocenters. The molecule has 0 radical (unpaired) electrons. The summed E-state index contributed by atoms with van der Waals surface area (Å²) in [6.45, 7) is 1.74. The van der Waals surface area contributed by atoms with Crippen molar-refractivity contribution >= 4 is 66.5 Å². The number of benzene rings is 5. The van der Waals surface area contributed by atoms with E-state index in [1.165, 1.54) is 24.3 Å². The SMILES string of the molecule is CCc1c(C(=O)O)[nH]c2c(C#N)cc(Cc3ccccc3)cc2c1=O.N#Cc1cccc2c(=O)c(Br)c(C(=O)O)[nH]c12.N#Cc1cccc2c(=O)c(C#Cc3ccccc3)c(C(=O)O)[nH]c12. The van der Waals surface area contributed by atoms with E-state index in [0.29, 0.717) is 23.8 Å². The Balaban J connectivity index is 0.000000167. The van der Waals surface area contributed by atoms with Crippen LogP contribution in [0.5, 0.6) is 0 Å². The van der Waals surface area contributed by atoms with Crippen molar-refractivity contribution in [2.24, 2.45) is 0 Å². The van der Waals surface area contributed by atoms with Crippen LogP contribution in [-0.4, -0.2) is 48.2 Å². The molecule has 66 heavy (non-hydrogen) atoms. The second-order valence-electron chi connectivity index (χ2n) is 14.1. The summed E-state index contributed by atoms with van der Waals surface area (Å²) in [6, 6.07) is 37.3. The predicted molar refractivity (Wildman–Crippen MR) is 247 cm³/mol. The summed E-state index contributed by atoms with van der Waals surface area (Å²) >= 11 is 2.94. The number of carbonyl (C=O) groups is 3. The number of H-pyrrole nitrogens is 3. The molecule has 0 aliphatic carbocycles. The standard InChI is InChI=1S/C20H16N2O3.C19H10N2O3.C11H5BrN2O3/c1-2-15-18(20(24)25)22-17-14(11-21)9-13(10-16(17)19(15)23)8-12-6-4-3-5-7-12;20-11-13-7-4-8-14-16(13)21-17(19(23)24)15(18(14)22)10-9-12-5-2-1-3-6-12;12-7-9(11(16)17)14-8-5(4-13)2-1-3-6(8)10(7)15/h3-7,9-10H,2,8H2,1H3,(H,22,23)(H,24,25);1-8H,(H,21,22)(H,23,24);1-3H,(H,14,15)(H,16,17). The van der Waals surface area contributed by atoms with Crippen molar-refractivity contribution in [2.45, 2.75) is 19.8 Å². The summed E-state index contributed by atoms with van der Waals surface area (Å²) in [6.07, 6.45) is 0.894. The highest BCUT2D eigenvalue weighted by Gasteiger charge is 2.20. The Kier molecular flexibility index (Phi) is 14.1. The lowest BCUT2D eigenvalue weighted by Gasteiger charge is -2.10. The largest absolute Gasteiger partial charge is 0.477 e. The molecule has 0 fully saturated rings. The molecule has 15 nitrogen and oxygen atoms in total. The van der Waals surface area contributed by atoms with E-state index in [1.807, 2.05) is 48.5 Å². The maximum Gasteiger partial charge on any atom is 0.353 e. The van der Waals surface area contributed by atoms with Gasteiger partial charge in [-0.3, -0.25) is 14.4 Å². The van der Waals surface area contributed by atoms with E-state index in [4.69, 9.17) is 15.6 Å². The van der Waals surface area contributed by atoms with Crippen LogP contribution < -0.4 is 16.3 Å². The van der Waals surface area contributed by atoms with Crippen LogP contribution in [0.3, 0.4) is 0 Å². The Morgan fingerprint density at radius 1 is 0.545 bits per heavy atom. The first-order valence-corrected chi connectivity index (χ1v) is 20.3. The van der Waals surface area contributed by atoms with Crippen molar-refractivity contribution in [3.05, 3.63) is 206 Å². The van der Waals surface area contributed by atoms with Gasteiger partial charge in [0.15, 0.2) is 5.43 Å². The summed E-state index contributed by atoms with van der Waals surface area (Å²) in [7, 11) is 0. The van der Waals surface area contributed by atoms with Crippen molar-refractivity contribution in [2.75, 3.05) is 0 Å². The molecule has 0 aliphatic heterocycles. The molecule has 0 amide bonds. The summed E-state index contributed by atoms with van der Waals surface area (Å²) < 4.78 is -0.0485. The van der Waals surface area contributed by atoms with Crippen molar-refractivity contribution in [1.29, 1.82) is 15.8 Å². The lowest BCUT2D eigenvalue weighted by Crippen LogP contribution is -2.18. The van der Waals surface area contributed by atoms with Gasteiger partial charge in [-0.05, 0) is 88.4 Å². The fourth-order valence-corrected chi connectivity index (χ4v) is 7.39. The third-order valence-electron chi connectivity index (χ3n) is 10.00. The average molecular weight is 940 g/mol. The number of fused-ring (bicyclic) bond motifs is 3. The van der Waals surface area contributed by atoms with Crippen molar-refractivity contribution in [3.63, 3.8) is 0 Å². The maximum atomic E-state index is 12.8. The average Bonchev–Trinajstić information content (AvgIpc) is 3.32. The van der Waals surface area contributed by atoms with E-state index < -0.39 is 28.8 Å². The molecule has 0 saturated carbocycles. The molecule has 5 aromatic carbocycles. The smallest absolute Gasteiger partial charge is 0.353 e. The topological polar surface area (TPSA) is 282 Å². The van der Waals surface area contributed by atoms with Gasteiger partial charge in [-0.25, -0.2) is 14.4 Å². The number of aromatic amines is 3. The lowest BCUT2D eigenvalue weighted by atomic mass is 9.97. The second-order valence-corrected chi connectivity index (χ2v) is 14.9. The number of pyridine rings is 3. The van der Waals surface area contributed by atoms with Gasteiger partial charge in [0.1, 0.15) is 40.9 Å². The van der Waals surface area contributed by atoms with Crippen LogP contribution in [0.25, 0.3) is 32.7 Å². The summed E-state index contributed by atoms with van der Waals surface area (Å²) in [4.78, 5) is 79.2. The number of carboxylic acids is 3.